The van der Waals surface area contributed by atoms with E-state index in [4.69, 9.17) is 22.1 Å². The van der Waals surface area contributed by atoms with Gasteiger partial charge in [0, 0.05) is 55.0 Å². The second kappa shape index (κ2) is 13.0. The van der Waals surface area contributed by atoms with E-state index in [1.54, 1.807) is 73.2 Å². The third kappa shape index (κ3) is 7.42. The number of halogens is 1. The van der Waals surface area contributed by atoms with Crippen LogP contribution in [-0.4, -0.2) is 48.7 Å². The number of nitrogens with two attached hydrogens (primary N) is 1. The second-order valence-electron chi connectivity index (χ2n) is 10.5. The summed E-state index contributed by atoms with van der Waals surface area (Å²) in [6.45, 7) is 1.45. The van der Waals surface area contributed by atoms with Gasteiger partial charge in [-0.15, -0.1) is 0 Å². The number of nitrogens with zero attached hydrogens (tertiary/aromatic N) is 2. The molecular formula is C31H32ClN5O5S. The van der Waals surface area contributed by atoms with E-state index in [1.165, 1.54) is 6.26 Å². The molecule has 4 aromatic rings. The third-order valence-corrected chi connectivity index (χ3v) is 8.73. The van der Waals surface area contributed by atoms with Gasteiger partial charge < -0.3 is 25.7 Å². The van der Waals surface area contributed by atoms with Crippen LogP contribution in [0.5, 0.6) is 5.75 Å². The normalized spacial score (nSPS) is 15.3. The van der Waals surface area contributed by atoms with E-state index in [9.17, 15) is 18.0 Å². The van der Waals surface area contributed by atoms with Crippen LogP contribution in [0.4, 0.5) is 0 Å². The molecule has 0 saturated heterocycles. The molecule has 1 aromatic heterocycles. The Kier molecular flexibility index (Phi) is 9.14. The lowest BCUT2D eigenvalue weighted by molar-refractivity contribution is -0.119. The minimum atomic E-state index is -3.26. The zero-order valence-electron chi connectivity index (χ0n) is 23.5. The quantitative estimate of drug-likeness (QED) is 0.233. The monoisotopic (exact) mass is 621 g/mol. The van der Waals surface area contributed by atoms with Crippen molar-refractivity contribution in [2.75, 3.05) is 12.9 Å². The first kappa shape index (κ1) is 30.3. The molecule has 2 amide bonds. The molecule has 0 radical (unpaired) electrons. The van der Waals surface area contributed by atoms with Crippen LogP contribution in [-0.2, 0) is 34.1 Å². The van der Waals surface area contributed by atoms with Gasteiger partial charge in [0.1, 0.15) is 11.8 Å². The number of para-hydroxylation sites is 1. The number of carbonyl (C=O) groups is 2. The maximum absolute atomic E-state index is 13.3. The number of aromatic nitrogens is 2. The number of benzene rings is 3. The van der Waals surface area contributed by atoms with Crippen molar-refractivity contribution in [3.05, 3.63) is 112 Å². The minimum Gasteiger partial charge on any atom is -0.492 e. The number of rotatable bonds is 11. The van der Waals surface area contributed by atoms with Crippen LogP contribution >= 0.6 is 11.6 Å². The van der Waals surface area contributed by atoms with E-state index < -0.39 is 27.7 Å². The first-order chi connectivity index (χ1) is 20.6. The zero-order valence-corrected chi connectivity index (χ0v) is 25.1. The third-order valence-electron chi connectivity index (χ3n) is 7.35. The minimum absolute atomic E-state index is 0.0881. The van der Waals surface area contributed by atoms with Gasteiger partial charge in [0.15, 0.2) is 9.84 Å². The van der Waals surface area contributed by atoms with Gasteiger partial charge >= 0.3 is 0 Å². The second-order valence-corrected chi connectivity index (χ2v) is 12.9. The molecule has 0 bridgehead atoms. The molecule has 4 N–H and O–H groups in total. The SMILES string of the molecule is CS(=O)(=O)c1ccc(Cn2cncc2CNC2CCOc3c(C(=O)N[C@@H](Cc4ccc(Cl)cc4)C(N)=O)cccc32)cc1. The van der Waals surface area contributed by atoms with E-state index >= 15 is 0 Å². The van der Waals surface area contributed by atoms with Crippen molar-refractivity contribution in [1.82, 2.24) is 20.2 Å². The van der Waals surface area contributed by atoms with Gasteiger partial charge in [-0.2, -0.15) is 0 Å². The molecule has 2 atom stereocenters. The molecule has 1 aliphatic heterocycles. The van der Waals surface area contributed by atoms with E-state index in [1.807, 2.05) is 10.6 Å². The number of carbonyl (C=O) groups excluding carboxylic acids is 2. The summed E-state index contributed by atoms with van der Waals surface area (Å²) >= 11 is 5.96. The van der Waals surface area contributed by atoms with Crippen molar-refractivity contribution in [2.45, 2.75) is 42.9 Å². The van der Waals surface area contributed by atoms with Crippen LogP contribution in [0.2, 0.25) is 5.02 Å². The lowest BCUT2D eigenvalue weighted by atomic mass is 9.96. The highest BCUT2D eigenvalue weighted by molar-refractivity contribution is 7.90. The standard InChI is InChI=1S/C31H32ClN5O5S/c1-43(40,41)24-11-7-21(8-12-24)18-37-19-34-16-23(37)17-35-27-13-14-42-29-25(27)3-2-4-26(29)31(39)36-28(30(33)38)15-20-5-9-22(32)10-6-20/h2-12,16,19,27-28,35H,13-15,17-18H2,1H3,(H2,33,38)(H,36,39)/t27?,28-/m0/s1. The van der Waals surface area contributed by atoms with Crippen LogP contribution < -0.4 is 21.1 Å². The fourth-order valence-electron chi connectivity index (χ4n) is 5.03. The number of hydrogen-bond donors (Lipinski definition) is 3. The Bertz CT molecular complexity index is 1720. The first-order valence-electron chi connectivity index (χ1n) is 13.7. The molecule has 5 rings (SSSR count). The lowest BCUT2D eigenvalue weighted by Crippen LogP contribution is -2.46. The molecular weight excluding hydrogens is 590 g/mol. The highest BCUT2D eigenvalue weighted by Crippen LogP contribution is 2.35. The molecule has 43 heavy (non-hydrogen) atoms. The molecule has 12 heteroatoms. The Morgan fingerprint density at radius 1 is 1.09 bits per heavy atom. The predicted octanol–water partition coefficient (Wildman–Crippen LogP) is 3.43. The molecule has 0 fully saturated rings. The highest BCUT2D eigenvalue weighted by Gasteiger charge is 2.28. The summed E-state index contributed by atoms with van der Waals surface area (Å²) in [5.41, 5.74) is 9.50. The number of primary amides is 1. The van der Waals surface area contributed by atoms with Crippen molar-refractivity contribution >= 4 is 33.3 Å². The molecule has 1 aliphatic rings. The van der Waals surface area contributed by atoms with Crippen molar-refractivity contribution in [3.8, 4) is 5.75 Å². The highest BCUT2D eigenvalue weighted by atomic mass is 35.5. The van der Waals surface area contributed by atoms with Crippen LogP contribution in [0.15, 0.2) is 84.1 Å². The smallest absolute Gasteiger partial charge is 0.255 e. The van der Waals surface area contributed by atoms with E-state index in [-0.39, 0.29) is 17.4 Å². The molecule has 0 aliphatic carbocycles. The maximum atomic E-state index is 13.3. The number of amides is 2. The first-order valence-corrected chi connectivity index (χ1v) is 16.0. The number of hydrogen-bond acceptors (Lipinski definition) is 7. The Morgan fingerprint density at radius 2 is 1.81 bits per heavy atom. The van der Waals surface area contributed by atoms with E-state index in [0.29, 0.717) is 42.5 Å². The summed E-state index contributed by atoms with van der Waals surface area (Å²) < 4.78 is 31.5. The molecule has 2 heterocycles. The van der Waals surface area contributed by atoms with Crippen LogP contribution in [0.1, 0.15) is 45.2 Å². The Balaban J connectivity index is 1.26. The number of ether oxygens (including phenoxy) is 1. The topological polar surface area (TPSA) is 145 Å². The van der Waals surface area contributed by atoms with Crippen molar-refractivity contribution < 1.29 is 22.7 Å². The average molecular weight is 622 g/mol. The van der Waals surface area contributed by atoms with Crippen LogP contribution in [0.25, 0.3) is 0 Å². The van der Waals surface area contributed by atoms with E-state index in [2.05, 4.69) is 15.6 Å². The van der Waals surface area contributed by atoms with Gasteiger partial charge in [-0.3, -0.25) is 9.59 Å². The Labute approximate surface area is 255 Å². The summed E-state index contributed by atoms with van der Waals surface area (Å²) in [6.07, 6.45) is 5.63. The van der Waals surface area contributed by atoms with Gasteiger partial charge in [-0.1, -0.05) is 48.0 Å². The summed E-state index contributed by atoms with van der Waals surface area (Å²) in [5, 5.41) is 6.90. The summed E-state index contributed by atoms with van der Waals surface area (Å²) in [5.74, 6) is -0.621. The van der Waals surface area contributed by atoms with Crippen LogP contribution in [0, 0.1) is 0 Å². The maximum Gasteiger partial charge on any atom is 0.255 e. The Morgan fingerprint density at radius 3 is 2.51 bits per heavy atom. The summed E-state index contributed by atoms with van der Waals surface area (Å²) in [7, 11) is -3.26. The van der Waals surface area contributed by atoms with Crippen molar-refractivity contribution in [1.29, 1.82) is 0 Å². The molecule has 10 nitrogen and oxygen atoms in total. The summed E-state index contributed by atoms with van der Waals surface area (Å²) in [4.78, 5) is 30.1. The number of nitrogens with one attached hydrogen (secondary N) is 2. The molecule has 0 saturated carbocycles. The van der Waals surface area contributed by atoms with Gasteiger partial charge in [-0.25, -0.2) is 13.4 Å². The largest absolute Gasteiger partial charge is 0.492 e. The number of sulfone groups is 1. The molecule has 0 spiro atoms. The van der Waals surface area contributed by atoms with Gasteiger partial charge in [0.05, 0.1) is 29.1 Å². The average Bonchev–Trinajstić information content (AvgIpc) is 3.42. The Hall–Kier alpha value is -4.19. The molecule has 224 valence electrons. The summed E-state index contributed by atoms with van der Waals surface area (Å²) in [6, 6.07) is 18.2. The van der Waals surface area contributed by atoms with Crippen LogP contribution in [0.3, 0.4) is 0 Å². The fourth-order valence-corrected chi connectivity index (χ4v) is 5.79. The van der Waals surface area contributed by atoms with Gasteiger partial charge in [0.25, 0.3) is 5.91 Å². The van der Waals surface area contributed by atoms with Gasteiger partial charge in [0.2, 0.25) is 5.91 Å². The molecule has 3 aromatic carbocycles. The lowest BCUT2D eigenvalue weighted by Gasteiger charge is -2.28. The predicted molar refractivity (Wildman–Crippen MR) is 163 cm³/mol. The zero-order chi connectivity index (χ0) is 30.6. The number of imidazole rings is 1. The fraction of sp³-hybridized carbons (Fsp3) is 0.258. The molecule has 1 unspecified atom stereocenters. The van der Waals surface area contributed by atoms with E-state index in [0.717, 1.165) is 22.4 Å². The van der Waals surface area contributed by atoms with Gasteiger partial charge in [-0.05, 0) is 41.5 Å². The number of fused-ring (bicyclic) bond motifs is 1. The van der Waals surface area contributed by atoms with Crippen molar-refractivity contribution in [2.24, 2.45) is 5.73 Å². The van der Waals surface area contributed by atoms with Crippen molar-refractivity contribution in [3.63, 3.8) is 0 Å².